The lowest BCUT2D eigenvalue weighted by Gasteiger charge is -2.11. The van der Waals surface area contributed by atoms with Crippen LogP contribution < -0.4 is 14.8 Å². The van der Waals surface area contributed by atoms with Crippen LogP contribution in [0.1, 0.15) is 18.5 Å². The fourth-order valence-corrected chi connectivity index (χ4v) is 3.33. The molecule has 0 atom stereocenters. The van der Waals surface area contributed by atoms with Crippen LogP contribution in [-0.2, 0) is 6.54 Å². The van der Waals surface area contributed by atoms with Crippen molar-refractivity contribution in [3.63, 3.8) is 0 Å². The summed E-state index contributed by atoms with van der Waals surface area (Å²) in [5.74, 6) is 1.17. The molecule has 0 unspecified atom stereocenters. The predicted molar refractivity (Wildman–Crippen MR) is 85.5 cm³/mol. The van der Waals surface area contributed by atoms with Gasteiger partial charge in [0.2, 0.25) is 0 Å². The Balaban J connectivity index is 1.85. The summed E-state index contributed by atoms with van der Waals surface area (Å²) in [5.41, 5.74) is 1.92. The Labute approximate surface area is 133 Å². The number of ether oxygens (including phenoxy) is 2. The normalized spacial score (nSPS) is 14.2. The van der Waals surface area contributed by atoms with E-state index in [1.165, 1.54) is 12.8 Å². The minimum absolute atomic E-state index is 0.535. The molecule has 1 aromatic carbocycles. The molecule has 0 bridgehead atoms. The third-order valence-electron chi connectivity index (χ3n) is 3.42. The van der Waals surface area contributed by atoms with E-state index < -0.39 is 0 Å². The van der Waals surface area contributed by atoms with Crippen LogP contribution in [0.3, 0.4) is 0 Å². The van der Waals surface area contributed by atoms with Gasteiger partial charge in [0.15, 0.2) is 11.5 Å². The van der Waals surface area contributed by atoms with Gasteiger partial charge in [-0.25, -0.2) is 4.98 Å². The van der Waals surface area contributed by atoms with Gasteiger partial charge in [-0.3, -0.25) is 0 Å². The molecule has 1 fully saturated rings. The molecule has 0 spiro atoms. The van der Waals surface area contributed by atoms with Crippen molar-refractivity contribution in [2.24, 2.45) is 0 Å². The van der Waals surface area contributed by atoms with Crippen LogP contribution in [0, 0.1) is 0 Å². The summed E-state index contributed by atoms with van der Waals surface area (Å²) in [6, 6.07) is 4.45. The molecule has 0 saturated heterocycles. The number of hydrogen-bond donors (Lipinski definition) is 1. The standard InChI is InChI=1S/C15H17ClN2O2S/c1-19-12-6-5-11(13(16)14(12)20-2)15-18-10(8-21-15)7-17-9-3-4-9/h5-6,8-9,17H,3-4,7H2,1-2H3. The number of aromatic nitrogens is 1. The van der Waals surface area contributed by atoms with Gasteiger partial charge in [-0.05, 0) is 25.0 Å². The molecule has 1 saturated carbocycles. The molecule has 1 aromatic heterocycles. The van der Waals surface area contributed by atoms with Crippen LogP contribution >= 0.6 is 22.9 Å². The van der Waals surface area contributed by atoms with E-state index in [-0.39, 0.29) is 0 Å². The Hall–Kier alpha value is -1.30. The largest absolute Gasteiger partial charge is 0.493 e. The minimum Gasteiger partial charge on any atom is -0.493 e. The van der Waals surface area contributed by atoms with E-state index in [1.54, 1.807) is 25.6 Å². The second-order valence-corrected chi connectivity index (χ2v) is 6.20. The number of hydrogen-bond acceptors (Lipinski definition) is 5. The molecular weight excluding hydrogens is 308 g/mol. The molecule has 0 radical (unpaired) electrons. The Bertz CT molecular complexity index is 641. The number of halogens is 1. The van der Waals surface area contributed by atoms with Crippen molar-refractivity contribution >= 4 is 22.9 Å². The lowest BCUT2D eigenvalue weighted by molar-refractivity contribution is 0.355. The monoisotopic (exact) mass is 324 g/mol. The first-order valence-corrected chi connectivity index (χ1v) is 8.07. The summed E-state index contributed by atoms with van der Waals surface area (Å²) in [6.07, 6.45) is 2.55. The van der Waals surface area contributed by atoms with Gasteiger partial charge in [-0.15, -0.1) is 11.3 Å². The van der Waals surface area contributed by atoms with Crippen LogP contribution in [-0.4, -0.2) is 25.2 Å². The molecule has 112 valence electrons. The van der Waals surface area contributed by atoms with E-state index in [2.05, 4.69) is 15.7 Å². The van der Waals surface area contributed by atoms with E-state index in [0.717, 1.165) is 22.8 Å². The molecule has 21 heavy (non-hydrogen) atoms. The third-order valence-corrected chi connectivity index (χ3v) is 4.72. The average Bonchev–Trinajstić information content (AvgIpc) is 3.22. The van der Waals surface area contributed by atoms with Gasteiger partial charge in [0.05, 0.1) is 24.9 Å². The Kier molecular flexibility index (Phi) is 4.33. The fraction of sp³-hybridized carbons (Fsp3) is 0.400. The Morgan fingerprint density at radius 3 is 2.81 bits per heavy atom. The number of nitrogens with one attached hydrogen (secondary N) is 1. The molecule has 1 aliphatic rings. The zero-order chi connectivity index (χ0) is 14.8. The van der Waals surface area contributed by atoms with Gasteiger partial charge >= 0.3 is 0 Å². The van der Waals surface area contributed by atoms with Crippen molar-refractivity contribution in [3.8, 4) is 22.1 Å². The first-order valence-electron chi connectivity index (χ1n) is 6.81. The highest BCUT2D eigenvalue weighted by Crippen LogP contribution is 2.42. The first kappa shape index (κ1) is 14.6. The van der Waals surface area contributed by atoms with E-state index >= 15 is 0 Å². The van der Waals surface area contributed by atoms with Gasteiger partial charge < -0.3 is 14.8 Å². The zero-order valence-corrected chi connectivity index (χ0v) is 13.6. The zero-order valence-electron chi connectivity index (χ0n) is 12.0. The van der Waals surface area contributed by atoms with E-state index in [1.807, 2.05) is 12.1 Å². The quantitative estimate of drug-likeness (QED) is 0.879. The van der Waals surface area contributed by atoms with E-state index in [0.29, 0.717) is 22.6 Å². The Morgan fingerprint density at radius 2 is 2.14 bits per heavy atom. The highest BCUT2D eigenvalue weighted by Gasteiger charge is 2.21. The predicted octanol–water partition coefficient (Wildman–Crippen LogP) is 3.73. The van der Waals surface area contributed by atoms with Crippen molar-refractivity contribution in [1.29, 1.82) is 0 Å². The smallest absolute Gasteiger partial charge is 0.180 e. The molecular formula is C15H17ClN2O2S. The summed E-state index contributed by atoms with van der Waals surface area (Å²) < 4.78 is 10.6. The van der Waals surface area contributed by atoms with Crippen LogP contribution in [0.2, 0.25) is 5.02 Å². The van der Waals surface area contributed by atoms with Crippen molar-refractivity contribution in [2.45, 2.75) is 25.4 Å². The van der Waals surface area contributed by atoms with E-state index in [4.69, 9.17) is 21.1 Å². The second kappa shape index (κ2) is 6.22. The average molecular weight is 325 g/mol. The summed E-state index contributed by atoms with van der Waals surface area (Å²) in [6.45, 7) is 0.812. The van der Waals surface area contributed by atoms with Crippen molar-refractivity contribution in [3.05, 3.63) is 28.2 Å². The minimum atomic E-state index is 0.535. The molecule has 1 N–H and O–H groups in total. The lowest BCUT2D eigenvalue weighted by atomic mass is 10.2. The highest BCUT2D eigenvalue weighted by atomic mass is 35.5. The first-order chi connectivity index (χ1) is 10.2. The van der Waals surface area contributed by atoms with Crippen LogP contribution in [0.5, 0.6) is 11.5 Å². The second-order valence-electron chi connectivity index (χ2n) is 4.96. The highest BCUT2D eigenvalue weighted by molar-refractivity contribution is 7.13. The maximum absolute atomic E-state index is 6.42. The molecule has 0 amide bonds. The molecule has 3 rings (SSSR count). The van der Waals surface area contributed by atoms with E-state index in [9.17, 15) is 0 Å². The molecule has 1 heterocycles. The van der Waals surface area contributed by atoms with Gasteiger partial charge in [0, 0.05) is 23.5 Å². The number of rotatable bonds is 6. The summed E-state index contributed by atoms with van der Waals surface area (Å²) in [4.78, 5) is 4.65. The number of nitrogens with zero attached hydrogens (tertiary/aromatic N) is 1. The summed E-state index contributed by atoms with van der Waals surface area (Å²) in [5, 5.41) is 6.96. The van der Waals surface area contributed by atoms with Crippen LogP contribution in [0.15, 0.2) is 17.5 Å². The van der Waals surface area contributed by atoms with Crippen LogP contribution in [0.25, 0.3) is 10.6 Å². The van der Waals surface area contributed by atoms with Gasteiger partial charge in [0.25, 0.3) is 0 Å². The molecule has 2 aromatic rings. The summed E-state index contributed by atoms with van der Waals surface area (Å²) >= 11 is 8.01. The number of benzene rings is 1. The van der Waals surface area contributed by atoms with Gasteiger partial charge in [-0.1, -0.05) is 11.6 Å². The number of thiazole rings is 1. The van der Waals surface area contributed by atoms with Gasteiger partial charge in [0.1, 0.15) is 5.01 Å². The number of methoxy groups -OCH3 is 2. The van der Waals surface area contributed by atoms with Gasteiger partial charge in [-0.2, -0.15) is 0 Å². The van der Waals surface area contributed by atoms with Crippen LogP contribution in [0.4, 0.5) is 0 Å². The molecule has 4 nitrogen and oxygen atoms in total. The molecule has 6 heteroatoms. The lowest BCUT2D eigenvalue weighted by Crippen LogP contribution is -2.15. The fourth-order valence-electron chi connectivity index (χ4n) is 2.10. The summed E-state index contributed by atoms with van der Waals surface area (Å²) in [7, 11) is 3.18. The molecule has 0 aliphatic heterocycles. The SMILES string of the molecule is COc1ccc(-c2nc(CNC3CC3)cs2)c(Cl)c1OC. The maximum atomic E-state index is 6.42. The third kappa shape index (κ3) is 3.15. The molecule has 1 aliphatic carbocycles. The topological polar surface area (TPSA) is 43.4 Å². The van der Waals surface area contributed by atoms with Crippen molar-refractivity contribution < 1.29 is 9.47 Å². The van der Waals surface area contributed by atoms with Crippen molar-refractivity contribution in [2.75, 3.05) is 14.2 Å². The van der Waals surface area contributed by atoms with Crippen molar-refractivity contribution in [1.82, 2.24) is 10.3 Å². The maximum Gasteiger partial charge on any atom is 0.180 e. The Morgan fingerprint density at radius 1 is 1.33 bits per heavy atom.